The van der Waals surface area contributed by atoms with Crippen LogP contribution >= 0.6 is 11.6 Å². The van der Waals surface area contributed by atoms with Gasteiger partial charge in [0, 0.05) is 4.87 Å². The Morgan fingerprint density at radius 2 is 1.46 bits per heavy atom. The summed E-state index contributed by atoms with van der Waals surface area (Å²) in [5, 5.41) is 0. The highest BCUT2D eigenvalue weighted by Crippen LogP contribution is 2.36. The van der Waals surface area contributed by atoms with Crippen LogP contribution in [0.3, 0.4) is 0 Å². The molecule has 1 fully saturated rings. The second kappa shape index (κ2) is 16.0. The molecule has 0 aromatic heterocycles. The summed E-state index contributed by atoms with van der Waals surface area (Å²) in [7, 11) is 0. The van der Waals surface area contributed by atoms with Crippen molar-refractivity contribution in [1.82, 2.24) is 6.15 Å². The van der Waals surface area contributed by atoms with Crippen molar-refractivity contribution in [3.05, 3.63) is 12.2 Å². The standard InChI is InChI=1S/C23H43ClO.H3N/c1-4-5-6-7-8-9-10-11-12-13-14-15-16-17-18-21(2)23(3,24)19-22-20-25-22;/h11-12,21-22H,4-10,13-20H2,1-3H3;1H3/b12-11-;. The first-order valence-corrected chi connectivity index (χ1v) is 11.4. The number of ether oxygens (including phenoxy) is 1. The lowest BCUT2D eigenvalue weighted by Crippen LogP contribution is -2.28. The second-order valence-corrected chi connectivity index (χ2v) is 9.22. The van der Waals surface area contributed by atoms with E-state index >= 15 is 0 Å². The van der Waals surface area contributed by atoms with Crippen LogP contribution < -0.4 is 6.15 Å². The van der Waals surface area contributed by atoms with E-state index in [2.05, 4.69) is 32.9 Å². The van der Waals surface area contributed by atoms with Gasteiger partial charge >= 0.3 is 0 Å². The third-order valence-corrected chi connectivity index (χ3v) is 6.23. The first kappa shape index (κ1) is 26.0. The molecule has 26 heavy (non-hydrogen) atoms. The molecule has 0 aromatic rings. The van der Waals surface area contributed by atoms with Crippen LogP contribution in [0.4, 0.5) is 0 Å². The van der Waals surface area contributed by atoms with Crippen molar-refractivity contribution < 1.29 is 4.74 Å². The third kappa shape index (κ3) is 14.1. The SMILES string of the molecule is CCCCCCCC/C=C\CCCCCCC(C)C(C)(Cl)CC1CO1.N. The Morgan fingerprint density at radius 3 is 2.00 bits per heavy atom. The predicted molar refractivity (Wildman–Crippen MR) is 118 cm³/mol. The van der Waals surface area contributed by atoms with Crippen LogP contribution in [0.2, 0.25) is 0 Å². The summed E-state index contributed by atoms with van der Waals surface area (Å²) in [5.41, 5.74) is 0. The number of hydrogen-bond donors (Lipinski definition) is 1. The lowest BCUT2D eigenvalue weighted by molar-refractivity contribution is 0.312. The zero-order valence-corrected chi connectivity index (χ0v) is 18.7. The van der Waals surface area contributed by atoms with Crippen LogP contribution in [0.25, 0.3) is 0 Å². The maximum absolute atomic E-state index is 6.69. The van der Waals surface area contributed by atoms with E-state index in [1.165, 1.54) is 83.5 Å². The van der Waals surface area contributed by atoms with Gasteiger partial charge in [-0.1, -0.05) is 77.4 Å². The maximum atomic E-state index is 6.69. The molecule has 0 aromatic carbocycles. The lowest BCUT2D eigenvalue weighted by atomic mass is 9.86. The fourth-order valence-corrected chi connectivity index (χ4v) is 3.76. The molecule has 3 unspecified atom stereocenters. The molecule has 3 N–H and O–H groups in total. The maximum Gasteiger partial charge on any atom is 0.0826 e. The number of halogens is 1. The van der Waals surface area contributed by atoms with Gasteiger partial charge in [0.05, 0.1) is 12.7 Å². The van der Waals surface area contributed by atoms with E-state index in [4.69, 9.17) is 16.3 Å². The molecule has 2 nitrogen and oxygen atoms in total. The second-order valence-electron chi connectivity index (χ2n) is 8.36. The van der Waals surface area contributed by atoms with Crippen molar-refractivity contribution in [1.29, 1.82) is 0 Å². The summed E-state index contributed by atoms with van der Waals surface area (Å²) in [5.74, 6) is 0.579. The van der Waals surface area contributed by atoms with Gasteiger partial charge in [-0.05, 0) is 51.4 Å². The average molecular weight is 388 g/mol. The Hall–Kier alpha value is -0.0500. The van der Waals surface area contributed by atoms with Gasteiger partial charge in [-0.3, -0.25) is 0 Å². The molecular weight excluding hydrogens is 342 g/mol. The summed E-state index contributed by atoms with van der Waals surface area (Å²) < 4.78 is 5.33. The van der Waals surface area contributed by atoms with Crippen molar-refractivity contribution in [3.63, 3.8) is 0 Å². The summed E-state index contributed by atoms with van der Waals surface area (Å²) in [6.45, 7) is 7.69. The molecule has 0 radical (unpaired) electrons. The minimum atomic E-state index is -0.0829. The molecule has 0 amide bonds. The number of rotatable bonds is 17. The van der Waals surface area contributed by atoms with Crippen molar-refractivity contribution in [2.75, 3.05) is 6.61 Å². The molecule has 1 aliphatic rings. The molecule has 0 aliphatic carbocycles. The van der Waals surface area contributed by atoms with Crippen molar-refractivity contribution in [2.24, 2.45) is 5.92 Å². The molecular formula is C23H46ClNO. The monoisotopic (exact) mass is 387 g/mol. The summed E-state index contributed by atoms with van der Waals surface area (Å²) in [6.07, 6.45) is 23.8. The van der Waals surface area contributed by atoms with Crippen LogP contribution in [0.5, 0.6) is 0 Å². The van der Waals surface area contributed by atoms with Gasteiger partial charge in [0.25, 0.3) is 0 Å². The van der Waals surface area contributed by atoms with Crippen LogP contribution in [0.15, 0.2) is 12.2 Å². The molecule has 1 rings (SSSR count). The fourth-order valence-electron chi connectivity index (χ4n) is 3.48. The molecule has 3 heteroatoms. The van der Waals surface area contributed by atoms with Gasteiger partial charge in [-0.2, -0.15) is 0 Å². The van der Waals surface area contributed by atoms with Crippen LogP contribution in [0.1, 0.15) is 111 Å². The quantitative estimate of drug-likeness (QED) is 0.118. The Morgan fingerprint density at radius 1 is 0.962 bits per heavy atom. The normalized spacial score (nSPS) is 19.9. The number of alkyl halides is 1. The highest BCUT2D eigenvalue weighted by molar-refractivity contribution is 6.23. The molecule has 156 valence electrons. The van der Waals surface area contributed by atoms with Crippen molar-refractivity contribution in [3.8, 4) is 0 Å². The van der Waals surface area contributed by atoms with Crippen molar-refractivity contribution in [2.45, 2.75) is 122 Å². The highest BCUT2D eigenvalue weighted by atomic mass is 35.5. The van der Waals surface area contributed by atoms with Gasteiger partial charge in [0.15, 0.2) is 0 Å². The van der Waals surface area contributed by atoms with Gasteiger partial charge in [0.1, 0.15) is 0 Å². The predicted octanol–water partition coefficient (Wildman–Crippen LogP) is 8.22. The van der Waals surface area contributed by atoms with E-state index in [0.717, 1.165) is 13.0 Å². The molecule has 0 spiro atoms. The Balaban J connectivity index is 0.00000625. The third-order valence-electron chi connectivity index (χ3n) is 5.71. The number of unbranched alkanes of at least 4 members (excludes halogenated alkanes) is 10. The van der Waals surface area contributed by atoms with Gasteiger partial charge in [-0.25, -0.2) is 0 Å². The molecule has 1 aliphatic heterocycles. The van der Waals surface area contributed by atoms with E-state index < -0.39 is 0 Å². The van der Waals surface area contributed by atoms with E-state index in [-0.39, 0.29) is 11.0 Å². The minimum Gasteiger partial charge on any atom is -0.373 e. The Bertz CT molecular complexity index is 339. The lowest BCUT2D eigenvalue weighted by Gasteiger charge is -2.28. The Labute approximate surface area is 169 Å². The highest BCUT2D eigenvalue weighted by Gasteiger charge is 2.36. The van der Waals surface area contributed by atoms with E-state index in [9.17, 15) is 0 Å². The van der Waals surface area contributed by atoms with Gasteiger partial charge in [0.2, 0.25) is 0 Å². The van der Waals surface area contributed by atoms with Crippen LogP contribution in [-0.2, 0) is 4.74 Å². The first-order valence-electron chi connectivity index (χ1n) is 11.0. The van der Waals surface area contributed by atoms with E-state index in [1.54, 1.807) is 0 Å². The average Bonchev–Trinajstić information content (AvgIpc) is 3.38. The Kier molecular flexibility index (Phi) is 15.9. The zero-order valence-electron chi connectivity index (χ0n) is 17.9. The largest absolute Gasteiger partial charge is 0.373 e. The summed E-state index contributed by atoms with van der Waals surface area (Å²) >= 11 is 6.69. The van der Waals surface area contributed by atoms with Crippen LogP contribution in [0, 0.1) is 5.92 Å². The van der Waals surface area contributed by atoms with E-state index in [1.807, 2.05) is 0 Å². The summed E-state index contributed by atoms with van der Waals surface area (Å²) in [4.78, 5) is -0.0829. The number of allylic oxidation sites excluding steroid dienone is 2. The molecule has 1 heterocycles. The topological polar surface area (TPSA) is 47.5 Å². The minimum absolute atomic E-state index is 0. The molecule has 1 saturated heterocycles. The molecule has 0 saturated carbocycles. The van der Waals surface area contributed by atoms with E-state index in [0.29, 0.717) is 12.0 Å². The smallest absolute Gasteiger partial charge is 0.0826 e. The van der Waals surface area contributed by atoms with Gasteiger partial charge in [-0.15, -0.1) is 11.6 Å². The summed E-state index contributed by atoms with van der Waals surface area (Å²) in [6, 6.07) is 0. The number of hydrogen-bond acceptors (Lipinski definition) is 2. The van der Waals surface area contributed by atoms with Crippen molar-refractivity contribution >= 4 is 11.6 Å². The zero-order chi connectivity index (χ0) is 18.4. The van der Waals surface area contributed by atoms with Crippen LogP contribution in [-0.4, -0.2) is 17.6 Å². The fraction of sp³-hybridized carbons (Fsp3) is 0.913. The van der Waals surface area contributed by atoms with Gasteiger partial charge < -0.3 is 10.9 Å². The molecule has 0 bridgehead atoms. The first-order chi connectivity index (χ1) is 12.1. The number of epoxide rings is 1. The molecule has 3 atom stereocenters.